The molecule has 31 heavy (non-hydrogen) atoms. The van der Waals surface area contributed by atoms with E-state index >= 15 is 0 Å². The van der Waals surface area contributed by atoms with Crippen molar-refractivity contribution in [2.45, 2.75) is 32.4 Å². The van der Waals surface area contributed by atoms with Crippen LogP contribution in [0.3, 0.4) is 0 Å². The van der Waals surface area contributed by atoms with Crippen molar-refractivity contribution in [1.82, 2.24) is 9.80 Å². The number of rotatable bonds is 7. The van der Waals surface area contributed by atoms with Crippen LogP contribution in [0.5, 0.6) is 5.75 Å². The van der Waals surface area contributed by atoms with E-state index in [2.05, 4.69) is 29.2 Å². The fraction of sp³-hybridized carbons (Fsp3) is 0.400. The quantitative estimate of drug-likeness (QED) is 0.591. The zero-order valence-electron chi connectivity index (χ0n) is 18.4. The number of carbonyl (C=O) groups is 1. The van der Waals surface area contributed by atoms with Crippen LogP contribution in [-0.4, -0.2) is 54.6 Å². The molecule has 1 saturated heterocycles. The van der Waals surface area contributed by atoms with Crippen molar-refractivity contribution in [3.8, 4) is 5.75 Å². The van der Waals surface area contributed by atoms with Gasteiger partial charge in [0.05, 0.1) is 18.1 Å². The maximum atomic E-state index is 12.9. The van der Waals surface area contributed by atoms with Crippen LogP contribution in [0.25, 0.3) is 10.1 Å². The van der Waals surface area contributed by atoms with Gasteiger partial charge in [0.1, 0.15) is 5.75 Å². The van der Waals surface area contributed by atoms with Crippen LogP contribution in [0.2, 0.25) is 0 Å². The van der Waals surface area contributed by atoms with E-state index in [0.29, 0.717) is 12.5 Å². The molecule has 2 heterocycles. The minimum atomic E-state index is -0.0251. The lowest BCUT2D eigenvalue weighted by Gasteiger charge is -2.18. The Hall–Kier alpha value is -2.41. The molecule has 0 aliphatic carbocycles. The third-order valence-electron chi connectivity index (χ3n) is 5.92. The number of aliphatic hydroxyl groups excluding tert-OH is 1. The van der Waals surface area contributed by atoms with E-state index in [-0.39, 0.29) is 12.5 Å². The monoisotopic (exact) mass is 438 g/mol. The molecule has 3 aromatic rings. The Morgan fingerprint density at radius 2 is 2.06 bits per heavy atom. The minimum Gasteiger partial charge on any atom is -0.494 e. The smallest absolute Gasteiger partial charge is 0.263 e. The highest BCUT2D eigenvalue weighted by Crippen LogP contribution is 2.40. The van der Waals surface area contributed by atoms with Crippen LogP contribution in [0, 0.1) is 0 Å². The summed E-state index contributed by atoms with van der Waals surface area (Å²) in [6, 6.07) is 14.4. The zero-order valence-corrected chi connectivity index (χ0v) is 19.2. The predicted octanol–water partition coefficient (Wildman–Crippen LogP) is 4.48. The maximum absolute atomic E-state index is 12.9. The number of aliphatic hydroxyl groups is 1. The summed E-state index contributed by atoms with van der Waals surface area (Å²) in [7, 11) is 3.64. The molecule has 1 aliphatic rings. The third kappa shape index (κ3) is 4.47. The van der Waals surface area contributed by atoms with Crippen molar-refractivity contribution in [3.63, 3.8) is 0 Å². The van der Waals surface area contributed by atoms with Gasteiger partial charge in [0.2, 0.25) is 0 Å². The number of ether oxygens (including phenoxy) is 1. The largest absolute Gasteiger partial charge is 0.494 e. The molecule has 1 aliphatic heterocycles. The molecule has 164 valence electrons. The van der Waals surface area contributed by atoms with Crippen molar-refractivity contribution in [2.24, 2.45) is 0 Å². The van der Waals surface area contributed by atoms with Gasteiger partial charge in [-0.25, -0.2) is 0 Å². The van der Waals surface area contributed by atoms with Crippen LogP contribution < -0.4 is 4.74 Å². The van der Waals surface area contributed by atoms with Gasteiger partial charge >= 0.3 is 0 Å². The Bertz CT molecular complexity index is 1080. The summed E-state index contributed by atoms with van der Waals surface area (Å²) in [5.41, 5.74) is 3.22. The molecule has 0 bridgehead atoms. The zero-order chi connectivity index (χ0) is 22.0. The number of amides is 1. The molecule has 1 aromatic heterocycles. The van der Waals surface area contributed by atoms with E-state index in [0.717, 1.165) is 42.2 Å². The Kier molecular flexibility index (Phi) is 6.60. The second-order valence-corrected chi connectivity index (χ2v) is 9.35. The number of benzene rings is 2. The first-order valence-corrected chi connectivity index (χ1v) is 11.6. The van der Waals surface area contributed by atoms with Crippen molar-refractivity contribution in [2.75, 3.05) is 33.8 Å². The Morgan fingerprint density at radius 3 is 2.81 bits per heavy atom. The molecule has 1 atom stereocenters. The van der Waals surface area contributed by atoms with Gasteiger partial charge in [-0.15, -0.1) is 11.3 Å². The first kappa shape index (κ1) is 21.8. The summed E-state index contributed by atoms with van der Waals surface area (Å²) in [5.74, 6) is 1.19. The van der Waals surface area contributed by atoms with Gasteiger partial charge in [-0.2, -0.15) is 0 Å². The topological polar surface area (TPSA) is 53.0 Å². The molecule has 0 saturated carbocycles. The average Bonchev–Trinajstić information content (AvgIpc) is 3.38. The van der Waals surface area contributed by atoms with Gasteiger partial charge in [0, 0.05) is 43.4 Å². The van der Waals surface area contributed by atoms with E-state index < -0.39 is 0 Å². The molecule has 5 nitrogen and oxygen atoms in total. The predicted molar refractivity (Wildman–Crippen MR) is 126 cm³/mol. The molecule has 1 N–H and O–H groups in total. The number of thiophene rings is 1. The van der Waals surface area contributed by atoms with Gasteiger partial charge < -0.3 is 14.7 Å². The molecular formula is C25H30N2O3S. The normalized spacial score (nSPS) is 16.7. The van der Waals surface area contributed by atoms with Gasteiger partial charge in [-0.05, 0) is 54.6 Å². The van der Waals surface area contributed by atoms with Crippen LogP contribution in [-0.2, 0) is 13.2 Å². The van der Waals surface area contributed by atoms with Gasteiger partial charge in [-0.1, -0.05) is 24.3 Å². The van der Waals surface area contributed by atoms with Crippen molar-refractivity contribution in [1.29, 1.82) is 0 Å². The maximum Gasteiger partial charge on any atom is 0.263 e. The van der Waals surface area contributed by atoms with E-state index in [1.807, 2.05) is 39.2 Å². The van der Waals surface area contributed by atoms with Crippen molar-refractivity contribution >= 4 is 27.3 Å². The van der Waals surface area contributed by atoms with Crippen molar-refractivity contribution in [3.05, 3.63) is 64.0 Å². The van der Waals surface area contributed by atoms with Crippen LogP contribution in [0.4, 0.5) is 0 Å². The van der Waals surface area contributed by atoms with Gasteiger partial charge in [0.15, 0.2) is 0 Å². The first-order valence-electron chi connectivity index (χ1n) is 10.8. The molecule has 4 rings (SSSR count). The van der Waals surface area contributed by atoms with Gasteiger partial charge in [-0.3, -0.25) is 9.69 Å². The molecule has 6 heteroatoms. The number of likely N-dealkylation sites (tertiary alicyclic amines) is 1. The number of carbonyl (C=O) groups excluding carboxylic acids is 1. The Labute approximate surface area is 187 Å². The Balaban J connectivity index is 1.56. The summed E-state index contributed by atoms with van der Waals surface area (Å²) < 4.78 is 6.79. The Morgan fingerprint density at radius 1 is 1.26 bits per heavy atom. The fourth-order valence-corrected chi connectivity index (χ4v) is 5.76. The molecule has 1 fully saturated rings. The number of hydrogen-bond acceptors (Lipinski definition) is 5. The SMILES string of the molecule is CCOc1ccc(CN2CC[C@H](c3c(C(=O)N(C)C)sc4ccccc34)C2)cc1CO. The highest BCUT2D eigenvalue weighted by Gasteiger charge is 2.31. The standard InChI is InChI=1S/C25H30N2O3S/c1-4-30-21-10-9-17(13-19(21)16-28)14-27-12-11-18(15-27)23-20-7-5-6-8-22(20)31-24(23)25(29)26(2)3/h5-10,13,18,28H,4,11-12,14-16H2,1-3H3/t18-/m0/s1. The molecule has 0 unspecified atom stereocenters. The molecule has 2 aromatic carbocycles. The fourth-order valence-electron chi connectivity index (χ4n) is 4.45. The van der Waals surface area contributed by atoms with Crippen LogP contribution in [0.1, 0.15) is 45.6 Å². The lowest BCUT2D eigenvalue weighted by Crippen LogP contribution is -2.23. The van der Waals surface area contributed by atoms with Crippen LogP contribution >= 0.6 is 11.3 Å². The summed E-state index contributed by atoms with van der Waals surface area (Å²) in [4.78, 5) is 17.9. The van der Waals surface area contributed by atoms with E-state index in [1.54, 1.807) is 16.2 Å². The molecular weight excluding hydrogens is 408 g/mol. The molecule has 0 spiro atoms. The third-order valence-corrected chi connectivity index (χ3v) is 7.09. The lowest BCUT2D eigenvalue weighted by atomic mass is 9.95. The molecule has 1 amide bonds. The van der Waals surface area contributed by atoms with Gasteiger partial charge in [0.25, 0.3) is 5.91 Å². The second kappa shape index (κ2) is 9.39. The average molecular weight is 439 g/mol. The van der Waals surface area contributed by atoms with E-state index in [4.69, 9.17) is 4.74 Å². The summed E-state index contributed by atoms with van der Waals surface area (Å²) >= 11 is 1.61. The van der Waals surface area contributed by atoms with E-state index in [9.17, 15) is 9.90 Å². The number of hydrogen-bond donors (Lipinski definition) is 1. The first-order chi connectivity index (χ1) is 15.0. The van der Waals surface area contributed by atoms with E-state index in [1.165, 1.54) is 21.2 Å². The highest BCUT2D eigenvalue weighted by atomic mass is 32.1. The van der Waals surface area contributed by atoms with Crippen LogP contribution in [0.15, 0.2) is 42.5 Å². The summed E-state index contributed by atoms with van der Waals surface area (Å²) in [5, 5.41) is 10.9. The second-order valence-electron chi connectivity index (χ2n) is 8.29. The number of fused-ring (bicyclic) bond motifs is 1. The minimum absolute atomic E-state index is 0.0251. The van der Waals surface area contributed by atoms with Crippen molar-refractivity contribution < 1.29 is 14.6 Å². The summed E-state index contributed by atoms with van der Waals surface area (Å²) in [6.07, 6.45) is 1.04. The lowest BCUT2D eigenvalue weighted by molar-refractivity contribution is 0.0831. The molecule has 0 radical (unpaired) electrons. The highest BCUT2D eigenvalue weighted by molar-refractivity contribution is 7.21. The number of nitrogens with zero attached hydrogens (tertiary/aromatic N) is 2. The summed E-state index contributed by atoms with van der Waals surface area (Å²) in [6.45, 7) is 5.26.